The average molecular weight is 430 g/mol. The van der Waals surface area contributed by atoms with Crippen molar-refractivity contribution >= 4 is 42.6 Å². The Hall–Kier alpha value is -2.29. The van der Waals surface area contributed by atoms with E-state index in [4.69, 9.17) is 0 Å². The molecule has 0 saturated carbocycles. The van der Waals surface area contributed by atoms with Gasteiger partial charge in [-0.25, -0.2) is 13.4 Å². The molecule has 1 aliphatic heterocycles. The molecular formula is C21H23N3O3S2. The van der Waals surface area contributed by atoms with E-state index in [1.807, 2.05) is 31.2 Å². The van der Waals surface area contributed by atoms with Crippen LogP contribution >= 0.6 is 11.3 Å². The van der Waals surface area contributed by atoms with Crippen molar-refractivity contribution in [3.63, 3.8) is 0 Å². The maximum Gasteiger partial charge on any atom is 0.243 e. The molecule has 2 aromatic carbocycles. The molecular weight excluding hydrogens is 406 g/mol. The normalized spacial score (nSPS) is 18.0. The molecule has 8 heteroatoms. The number of hydrogen-bond acceptors (Lipinski definition) is 5. The first kappa shape index (κ1) is 20.0. The summed E-state index contributed by atoms with van der Waals surface area (Å²) in [6.07, 6.45) is 2.53. The van der Waals surface area contributed by atoms with Crippen molar-refractivity contribution in [3.8, 4) is 0 Å². The number of fused-ring (bicyclic) bond motifs is 1. The molecule has 152 valence electrons. The number of hydrogen-bond donors (Lipinski definition) is 1. The molecule has 4 rings (SSSR count). The second-order valence-electron chi connectivity index (χ2n) is 7.32. The zero-order valence-electron chi connectivity index (χ0n) is 16.2. The number of aryl methyl sites for hydroxylation is 1. The lowest BCUT2D eigenvalue weighted by molar-refractivity contribution is -0.117. The second kappa shape index (κ2) is 8.22. The topological polar surface area (TPSA) is 79.4 Å². The monoisotopic (exact) mass is 429 g/mol. The van der Waals surface area contributed by atoms with Gasteiger partial charge < -0.3 is 5.32 Å². The maximum absolute atomic E-state index is 13.2. The predicted octanol–water partition coefficient (Wildman–Crippen LogP) is 4.18. The van der Waals surface area contributed by atoms with E-state index in [0.717, 1.165) is 28.6 Å². The highest BCUT2D eigenvalue weighted by molar-refractivity contribution is 7.89. The van der Waals surface area contributed by atoms with Crippen LogP contribution in [-0.2, 0) is 14.8 Å². The van der Waals surface area contributed by atoms with Gasteiger partial charge in [-0.05, 0) is 44.0 Å². The standard InChI is InChI=1S/C21H23N3O3S2/c1-15-9-11-17(12-10-15)29(26,27)24-13-5-4-6-16(24)14-20(25)23-21-22-18-7-2-3-8-19(18)28-21/h2-3,7-12,16H,4-6,13-14H2,1H3,(H,22,23,25)/t16-/m0/s1. The highest BCUT2D eigenvalue weighted by atomic mass is 32.2. The minimum Gasteiger partial charge on any atom is -0.302 e. The fourth-order valence-electron chi connectivity index (χ4n) is 3.65. The van der Waals surface area contributed by atoms with E-state index in [1.165, 1.54) is 15.6 Å². The van der Waals surface area contributed by atoms with Gasteiger partial charge in [-0.15, -0.1) is 0 Å². The Kier molecular flexibility index (Phi) is 5.67. The first-order valence-electron chi connectivity index (χ1n) is 9.67. The molecule has 0 unspecified atom stereocenters. The van der Waals surface area contributed by atoms with Crippen LogP contribution in [0.1, 0.15) is 31.2 Å². The van der Waals surface area contributed by atoms with Crippen LogP contribution in [0.4, 0.5) is 5.13 Å². The van der Waals surface area contributed by atoms with Crippen molar-refractivity contribution in [1.82, 2.24) is 9.29 Å². The highest BCUT2D eigenvalue weighted by Crippen LogP contribution is 2.29. The van der Waals surface area contributed by atoms with Gasteiger partial charge in [0.2, 0.25) is 15.9 Å². The Morgan fingerprint density at radius 2 is 1.93 bits per heavy atom. The molecule has 1 atom stereocenters. The summed E-state index contributed by atoms with van der Waals surface area (Å²) < 4.78 is 28.8. The summed E-state index contributed by atoms with van der Waals surface area (Å²) in [5, 5.41) is 3.39. The number of para-hydroxylation sites is 1. The van der Waals surface area contributed by atoms with Gasteiger partial charge in [0.15, 0.2) is 5.13 Å². The van der Waals surface area contributed by atoms with Crippen LogP contribution in [0.2, 0.25) is 0 Å². The van der Waals surface area contributed by atoms with Crippen LogP contribution in [0.25, 0.3) is 10.2 Å². The number of nitrogens with one attached hydrogen (secondary N) is 1. The summed E-state index contributed by atoms with van der Waals surface area (Å²) in [5.74, 6) is -0.208. The van der Waals surface area contributed by atoms with Gasteiger partial charge >= 0.3 is 0 Å². The molecule has 3 aromatic rings. The van der Waals surface area contributed by atoms with Crippen molar-refractivity contribution < 1.29 is 13.2 Å². The third kappa shape index (κ3) is 4.34. The van der Waals surface area contributed by atoms with E-state index >= 15 is 0 Å². The summed E-state index contributed by atoms with van der Waals surface area (Å²) in [6.45, 7) is 2.36. The Bertz CT molecular complexity index is 1090. The molecule has 1 aromatic heterocycles. The van der Waals surface area contributed by atoms with E-state index in [9.17, 15) is 13.2 Å². The van der Waals surface area contributed by atoms with Crippen LogP contribution in [0.5, 0.6) is 0 Å². The first-order valence-corrected chi connectivity index (χ1v) is 11.9. The molecule has 1 saturated heterocycles. The quantitative estimate of drug-likeness (QED) is 0.660. The number of thiazole rings is 1. The molecule has 0 radical (unpaired) electrons. The number of anilines is 1. The van der Waals surface area contributed by atoms with Gasteiger partial charge in [-0.3, -0.25) is 4.79 Å². The predicted molar refractivity (Wildman–Crippen MR) is 116 cm³/mol. The van der Waals surface area contributed by atoms with Crippen LogP contribution in [0.15, 0.2) is 53.4 Å². The summed E-state index contributed by atoms with van der Waals surface area (Å²) in [6, 6.07) is 14.2. The lowest BCUT2D eigenvalue weighted by atomic mass is 10.0. The van der Waals surface area contributed by atoms with E-state index in [1.54, 1.807) is 24.3 Å². The molecule has 1 N–H and O–H groups in total. The molecule has 1 aliphatic rings. The van der Waals surface area contributed by atoms with Crippen molar-refractivity contribution in [2.24, 2.45) is 0 Å². The van der Waals surface area contributed by atoms with Gasteiger partial charge in [0.05, 0.1) is 15.1 Å². The van der Waals surface area contributed by atoms with Crippen molar-refractivity contribution in [3.05, 3.63) is 54.1 Å². The first-order chi connectivity index (χ1) is 13.9. The van der Waals surface area contributed by atoms with E-state index in [0.29, 0.717) is 18.1 Å². The van der Waals surface area contributed by atoms with Gasteiger partial charge in [0, 0.05) is 19.0 Å². The lowest BCUT2D eigenvalue weighted by Crippen LogP contribution is -2.45. The Morgan fingerprint density at radius 1 is 1.17 bits per heavy atom. The third-order valence-electron chi connectivity index (χ3n) is 5.16. The lowest BCUT2D eigenvalue weighted by Gasteiger charge is -2.34. The van der Waals surface area contributed by atoms with Crippen molar-refractivity contribution in [2.45, 2.75) is 43.5 Å². The number of carbonyl (C=O) groups is 1. The number of sulfonamides is 1. The fraction of sp³-hybridized carbons (Fsp3) is 0.333. The number of rotatable bonds is 5. The Morgan fingerprint density at radius 3 is 2.69 bits per heavy atom. The van der Waals surface area contributed by atoms with Crippen molar-refractivity contribution in [1.29, 1.82) is 0 Å². The number of benzene rings is 2. The molecule has 1 amide bonds. The molecule has 2 heterocycles. The van der Waals surface area contributed by atoms with Crippen LogP contribution in [0, 0.1) is 6.92 Å². The number of aromatic nitrogens is 1. The van der Waals surface area contributed by atoms with Crippen LogP contribution in [-0.4, -0.2) is 36.2 Å². The molecule has 1 fully saturated rings. The average Bonchev–Trinajstić information content (AvgIpc) is 3.10. The summed E-state index contributed by atoms with van der Waals surface area (Å²) in [7, 11) is -3.63. The van der Waals surface area contributed by atoms with E-state index in [2.05, 4.69) is 10.3 Å². The highest BCUT2D eigenvalue weighted by Gasteiger charge is 2.34. The third-order valence-corrected chi connectivity index (χ3v) is 8.08. The number of piperidine rings is 1. The van der Waals surface area contributed by atoms with E-state index in [-0.39, 0.29) is 23.3 Å². The molecule has 0 aliphatic carbocycles. The maximum atomic E-state index is 13.2. The molecule has 6 nitrogen and oxygen atoms in total. The Balaban J connectivity index is 1.49. The minimum absolute atomic E-state index is 0.126. The zero-order valence-corrected chi connectivity index (χ0v) is 17.8. The summed E-state index contributed by atoms with van der Waals surface area (Å²) >= 11 is 1.42. The largest absolute Gasteiger partial charge is 0.302 e. The van der Waals surface area contributed by atoms with Crippen molar-refractivity contribution in [2.75, 3.05) is 11.9 Å². The zero-order chi connectivity index (χ0) is 20.4. The van der Waals surface area contributed by atoms with Gasteiger partial charge in [-0.2, -0.15) is 4.31 Å². The summed E-state index contributed by atoms with van der Waals surface area (Å²) in [4.78, 5) is 17.3. The van der Waals surface area contributed by atoms with Gasteiger partial charge in [0.1, 0.15) is 0 Å². The fourth-order valence-corrected chi connectivity index (χ4v) is 6.22. The minimum atomic E-state index is -3.63. The number of amides is 1. The number of carbonyl (C=O) groups excluding carboxylic acids is 1. The smallest absolute Gasteiger partial charge is 0.243 e. The van der Waals surface area contributed by atoms with E-state index < -0.39 is 10.0 Å². The second-order valence-corrected chi connectivity index (χ2v) is 10.2. The Labute approximate surface area is 174 Å². The van der Waals surface area contributed by atoms with Crippen LogP contribution in [0.3, 0.4) is 0 Å². The molecule has 0 spiro atoms. The van der Waals surface area contributed by atoms with Crippen LogP contribution < -0.4 is 5.32 Å². The summed E-state index contributed by atoms with van der Waals surface area (Å²) in [5.41, 5.74) is 1.85. The molecule has 0 bridgehead atoms. The van der Waals surface area contributed by atoms with Gasteiger partial charge in [0.25, 0.3) is 0 Å². The SMILES string of the molecule is Cc1ccc(S(=O)(=O)N2CCCC[C@H]2CC(=O)Nc2nc3ccccc3s2)cc1. The number of nitrogens with zero attached hydrogens (tertiary/aromatic N) is 2. The van der Waals surface area contributed by atoms with Gasteiger partial charge in [-0.1, -0.05) is 47.6 Å². The molecule has 29 heavy (non-hydrogen) atoms.